The summed E-state index contributed by atoms with van der Waals surface area (Å²) in [7, 11) is 2.05. The zero-order valence-electron chi connectivity index (χ0n) is 11.0. The minimum Gasteiger partial charge on any atom is -0.480 e. The van der Waals surface area contributed by atoms with Crippen LogP contribution >= 0.6 is 0 Å². The molecule has 1 unspecified atom stereocenters. The number of nitrogens with one attached hydrogen (secondary N) is 1. The molecule has 0 saturated carbocycles. The lowest BCUT2D eigenvalue weighted by molar-refractivity contribution is -0.144. The van der Waals surface area contributed by atoms with E-state index in [9.17, 15) is 9.90 Å². The van der Waals surface area contributed by atoms with E-state index in [4.69, 9.17) is 0 Å². The van der Waals surface area contributed by atoms with Crippen molar-refractivity contribution in [1.29, 1.82) is 0 Å². The lowest BCUT2D eigenvalue weighted by atomic mass is 9.97. The lowest BCUT2D eigenvalue weighted by Crippen LogP contribution is -2.51. The molecule has 0 fully saturated rings. The summed E-state index contributed by atoms with van der Waals surface area (Å²) in [6.45, 7) is 8.39. The summed E-state index contributed by atoms with van der Waals surface area (Å²) in [6, 6.07) is 0. The van der Waals surface area contributed by atoms with E-state index in [0.29, 0.717) is 13.0 Å². The van der Waals surface area contributed by atoms with E-state index >= 15 is 0 Å². The number of hydrogen-bond donors (Lipinski definition) is 2. The van der Waals surface area contributed by atoms with Crippen LogP contribution in [-0.4, -0.2) is 48.2 Å². The molecule has 0 amide bonds. The van der Waals surface area contributed by atoms with Crippen LogP contribution < -0.4 is 5.32 Å². The smallest absolute Gasteiger partial charge is 0.323 e. The monoisotopic (exact) mass is 230 g/mol. The highest BCUT2D eigenvalue weighted by molar-refractivity contribution is 5.78. The quantitative estimate of drug-likeness (QED) is 0.631. The Labute approximate surface area is 99.0 Å². The fourth-order valence-electron chi connectivity index (χ4n) is 1.62. The second kappa shape index (κ2) is 7.63. The van der Waals surface area contributed by atoms with E-state index in [1.54, 1.807) is 6.92 Å². The summed E-state index contributed by atoms with van der Waals surface area (Å²) in [4.78, 5) is 13.4. The van der Waals surface area contributed by atoms with Gasteiger partial charge in [0.2, 0.25) is 0 Å². The van der Waals surface area contributed by atoms with E-state index in [-0.39, 0.29) is 0 Å². The van der Waals surface area contributed by atoms with E-state index in [1.165, 1.54) is 12.8 Å². The van der Waals surface area contributed by atoms with Crippen LogP contribution in [0, 0.1) is 0 Å². The summed E-state index contributed by atoms with van der Waals surface area (Å²) in [5, 5.41) is 12.2. The van der Waals surface area contributed by atoms with Gasteiger partial charge in [-0.1, -0.05) is 20.3 Å². The Hall–Kier alpha value is -0.610. The summed E-state index contributed by atoms with van der Waals surface area (Å²) in [5.74, 6) is -0.766. The normalized spacial score (nSPS) is 15.1. The first kappa shape index (κ1) is 15.4. The van der Waals surface area contributed by atoms with Crippen molar-refractivity contribution in [2.75, 3.05) is 26.7 Å². The van der Waals surface area contributed by atoms with Crippen molar-refractivity contribution in [1.82, 2.24) is 10.2 Å². The molecule has 0 aliphatic carbocycles. The Morgan fingerprint density at radius 1 is 1.38 bits per heavy atom. The molecule has 0 aromatic heterocycles. The first-order chi connectivity index (χ1) is 7.46. The van der Waals surface area contributed by atoms with Gasteiger partial charge >= 0.3 is 5.97 Å². The standard InChI is InChI=1S/C12H26N2O2/c1-5-7-9-14(4)10-8-12(3,11(15)16)13-6-2/h13H,5-10H2,1-4H3,(H,15,16). The molecule has 0 aliphatic heterocycles. The van der Waals surface area contributed by atoms with E-state index in [1.807, 2.05) is 14.0 Å². The number of aliphatic carboxylic acids is 1. The number of carboxylic acid groups (broad SMARTS) is 1. The molecule has 0 aliphatic rings. The highest BCUT2D eigenvalue weighted by atomic mass is 16.4. The second-order valence-electron chi connectivity index (χ2n) is 4.57. The number of unbranched alkanes of at least 4 members (excludes halogenated alkanes) is 1. The Bertz CT molecular complexity index is 209. The summed E-state index contributed by atoms with van der Waals surface area (Å²) in [6.07, 6.45) is 2.98. The van der Waals surface area contributed by atoms with Crippen LogP contribution in [0.1, 0.15) is 40.0 Å². The molecule has 4 nitrogen and oxygen atoms in total. The first-order valence-corrected chi connectivity index (χ1v) is 6.13. The molecule has 0 aromatic carbocycles. The topological polar surface area (TPSA) is 52.6 Å². The van der Waals surface area contributed by atoms with Gasteiger partial charge in [-0.15, -0.1) is 0 Å². The fourth-order valence-corrected chi connectivity index (χ4v) is 1.62. The molecule has 0 spiro atoms. The van der Waals surface area contributed by atoms with Crippen LogP contribution in [0.4, 0.5) is 0 Å². The minimum absolute atomic E-state index is 0.635. The van der Waals surface area contributed by atoms with Crippen molar-refractivity contribution in [3.05, 3.63) is 0 Å². The van der Waals surface area contributed by atoms with Crippen molar-refractivity contribution >= 4 is 5.97 Å². The van der Waals surface area contributed by atoms with Crippen LogP contribution in [0.25, 0.3) is 0 Å². The van der Waals surface area contributed by atoms with Crippen LogP contribution in [0.2, 0.25) is 0 Å². The fraction of sp³-hybridized carbons (Fsp3) is 0.917. The lowest BCUT2D eigenvalue weighted by Gasteiger charge is -2.28. The molecule has 0 rings (SSSR count). The third-order valence-electron chi connectivity index (χ3n) is 2.93. The maximum atomic E-state index is 11.2. The van der Waals surface area contributed by atoms with Gasteiger partial charge in [-0.3, -0.25) is 4.79 Å². The van der Waals surface area contributed by atoms with Gasteiger partial charge in [0.25, 0.3) is 0 Å². The van der Waals surface area contributed by atoms with E-state index < -0.39 is 11.5 Å². The predicted octanol–water partition coefficient (Wildman–Crippen LogP) is 1.56. The molecule has 0 saturated heterocycles. The highest BCUT2D eigenvalue weighted by Crippen LogP contribution is 2.10. The van der Waals surface area contributed by atoms with Gasteiger partial charge in [-0.05, 0) is 39.9 Å². The largest absolute Gasteiger partial charge is 0.480 e. The molecule has 0 radical (unpaired) electrons. The number of carbonyl (C=O) groups is 1. The number of hydrogen-bond acceptors (Lipinski definition) is 3. The van der Waals surface area contributed by atoms with Crippen LogP contribution in [0.5, 0.6) is 0 Å². The number of likely N-dealkylation sites (N-methyl/N-ethyl adjacent to an activating group) is 1. The molecule has 1 atom stereocenters. The maximum absolute atomic E-state index is 11.2. The molecule has 0 heterocycles. The van der Waals surface area contributed by atoms with Gasteiger partial charge in [0.05, 0.1) is 0 Å². The van der Waals surface area contributed by atoms with Crippen LogP contribution in [0.15, 0.2) is 0 Å². The average Bonchev–Trinajstić information content (AvgIpc) is 2.23. The average molecular weight is 230 g/mol. The Kier molecular flexibility index (Phi) is 7.34. The molecule has 0 bridgehead atoms. The van der Waals surface area contributed by atoms with Crippen LogP contribution in [-0.2, 0) is 4.79 Å². The van der Waals surface area contributed by atoms with Gasteiger partial charge in [0, 0.05) is 6.54 Å². The van der Waals surface area contributed by atoms with Crippen LogP contribution in [0.3, 0.4) is 0 Å². The van der Waals surface area contributed by atoms with Crippen molar-refractivity contribution < 1.29 is 9.90 Å². The van der Waals surface area contributed by atoms with Gasteiger partial charge in [-0.25, -0.2) is 0 Å². The second-order valence-corrected chi connectivity index (χ2v) is 4.57. The molecular formula is C12H26N2O2. The van der Waals surface area contributed by atoms with E-state index in [2.05, 4.69) is 17.1 Å². The molecule has 96 valence electrons. The highest BCUT2D eigenvalue weighted by Gasteiger charge is 2.31. The SMILES string of the molecule is CCCCN(C)CCC(C)(NCC)C(=O)O. The molecule has 16 heavy (non-hydrogen) atoms. The van der Waals surface area contributed by atoms with Gasteiger partial charge in [0.15, 0.2) is 0 Å². The van der Waals surface area contributed by atoms with Gasteiger partial charge in [-0.2, -0.15) is 0 Å². The Balaban J connectivity index is 4.06. The summed E-state index contributed by atoms with van der Waals surface area (Å²) < 4.78 is 0. The third-order valence-corrected chi connectivity index (χ3v) is 2.93. The summed E-state index contributed by atoms with van der Waals surface area (Å²) >= 11 is 0. The number of rotatable bonds is 9. The first-order valence-electron chi connectivity index (χ1n) is 6.13. The van der Waals surface area contributed by atoms with Crippen molar-refractivity contribution in [3.8, 4) is 0 Å². The summed E-state index contributed by atoms with van der Waals surface area (Å²) in [5.41, 5.74) is -0.796. The third kappa shape index (κ3) is 5.47. The zero-order valence-corrected chi connectivity index (χ0v) is 11.0. The molecule has 0 aromatic rings. The minimum atomic E-state index is -0.796. The Morgan fingerprint density at radius 3 is 2.44 bits per heavy atom. The van der Waals surface area contributed by atoms with Gasteiger partial charge < -0.3 is 15.3 Å². The maximum Gasteiger partial charge on any atom is 0.323 e. The van der Waals surface area contributed by atoms with Crippen molar-refractivity contribution in [3.63, 3.8) is 0 Å². The van der Waals surface area contributed by atoms with Crippen molar-refractivity contribution in [2.45, 2.75) is 45.6 Å². The van der Waals surface area contributed by atoms with Crippen molar-refractivity contribution in [2.24, 2.45) is 0 Å². The number of nitrogens with zero attached hydrogens (tertiary/aromatic N) is 1. The van der Waals surface area contributed by atoms with E-state index in [0.717, 1.165) is 13.1 Å². The number of carboxylic acids is 1. The zero-order chi connectivity index (χ0) is 12.6. The van der Waals surface area contributed by atoms with Gasteiger partial charge in [0.1, 0.15) is 5.54 Å². The molecular weight excluding hydrogens is 204 g/mol. The molecule has 4 heteroatoms. The Morgan fingerprint density at radius 2 is 2.00 bits per heavy atom. The molecule has 2 N–H and O–H groups in total. The predicted molar refractivity (Wildman–Crippen MR) is 66.7 cm³/mol.